The van der Waals surface area contributed by atoms with Gasteiger partial charge in [-0.3, -0.25) is 0 Å². The van der Waals surface area contributed by atoms with E-state index in [9.17, 15) is 4.79 Å². The first-order valence-electron chi connectivity index (χ1n) is 7.07. The average molecular weight is 349 g/mol. The molecule has 21 heavy (non-hydrogen) atoms. The van der Waals surface area contributed by atoms with Crippen molar-refractivity contribution in [2.24, 2.45) is 5.92 Å². The second-order valence-electron chi connectivity index (χ2n) is 5.15. The smallest absolute Gasteiger partial charge is 0.339 e. The zero-order chi connectivity index (χ0) is 15.8. The van der Waals surface area contributed by atoms with Gasteiger partial charge in [0.15, 0.2) is 6.10 Å². The lowest BCUT2D eigenvalue weighted by Crippen LogP contribution is -2.24. The molecule has 0 radical (unpaired) electrons. The Morgan fingerprint density at radius 2 is 2.00 bits per heavy atom. The van der Waals surface area contributed by atoms with Crippen LogP contribution in [-0.4, -0.2) is 12.1 Å². The van der Waals surface area contributed by atoms with E-state index in [4.69, 9.17) is 4.74 Å². The quantitative estimate of drug-likeness (QED) is 0.553. The molecule has 0 N–H and O–H groups in total. The van der Waals surface area contributed by atoms with Crippen LogP contribution in [0.1, 0.15) is 44.0 Å². The van der Waals surface area contributed by atoms with Gasteiger partial charge in [-0.1, -0.05) is 54.6 Å². The van der Waals surface area contributed by atoms with Crippen LogP contribution in [0.4, 0.5) is 0 Å². The molecule has 0 saturated heterocycles. The van der Waals surface area contributed by atoms with Crippen molar-refractivity contribution in [3.63, 3.8) is 0 Å². The lowest BCUT2D eigenvalue weighted by molar-refractivity contribution is 0.0305. The summed E-state index contributed by atoms with van der Waals surface area (Å²) in [4.78, 5) is 12.2. The SMILES string of the molecule is C=C(C)C#CC(OC(=O)c1ccc(Br)cc1)C(C)CCC. The molecule has 2 nitrogen and oxygen atoms in total. The van der Waals surface area contributed by atoms with Crippen molar-refractivity contribution >= 4 is 21.9 Å². The highest BCUT2D eigenvalue weighted by molar-refractivity contribution is 9.10. The van der Waals surface area contributed by atoms with Crippen LogP contribution in [-0.2, 0) is 4.74 Å². The molecule has 3 heteroatoms. The largest absolute Gasteiger partial charge is 0.445 e. The Labute approximate surface area is 135 Å². The molecule has 0 aliphatic rings. The van der Waals surface area contributed by atoms with Gasteiger partial charge in [0, 0.05) is 10.4 Å². The number of rotatable bonds is 5. The van der Waals surface area contributed by atoms with Gasteiger partial charge in [0.1, 0.15) is 0 Å². The van der Waals surface area contributed by atoms with Crippen molar-refractivity contribution < 1.29 is 9.53 Å². The number of esters is 1. The van der Waals surface area contributed by atoms with Crippen LogP contribution in [0.3, 0.4) is 0 Å². The number of hydrogen-bond acceptors (Lipinski definition) is 2. The molecule has 0 fully saturated rings. The molecule has 2 unspecified atom stereocenters. The van der Waals surface area contributed by atoms with E-state index in [2.05, 4.69) is 48.2 Å². The Morgan fingerprint density at radius 3 is 2.52 bits per heavy atom. The van der Waals surface area contributed by atoms with Gasteiger partial charge >= 0.3 is 5.97 Å². The maximum absolute atomic E-state index is 12.2. The van der Waals surface area contributed by atoms with Crippen molar-refractivity contribution in [1.82, 2.24) is 0 Å². The number of hydrogen-bond donors (Lipinski definition) is 0. The van der Waals surface area contributed by atoms with Crippen molar-refractivity contribution in [2.45, 2.75) is 39.7 Å². The van der Waals surface area contributed by atoms with Crippen molar-refractivity contribution in [2.75, 3.05) is 0 Å². The van der Waals surface area contributed by atoms with Gasteiger partial charge < -0.3 is 4.74 Å². The summed E-state index contributed by atoms with van der Waals surface area (Å²) in [6.45, 7) is 9.76. The van der Waals surface area contributed by atoms with Gasteiger partial charge in [-0.15, -0.1) is 0 Å². The first-order valence-corrected chi connectivity index (χ1v) is 7.87. The molecule has 2 atom stereocenters. The molecule has 112 valence electrons. The Balaban J connectivity index is 2.85. The highest BCUT2D eigenvalue weighted by Gasteiger charge is 2.20. The Hall–Kier alpha value is -1.53. The van der Waals surface area contributed by atoms with Crippen LogP contribution in [0.2, 0.25) is 0 Å². The standard InChI is InChI=1S/C18H21BrO2/c1-5-6-14(4)17(12-7-13(2)3)21-18(20)15-8-10-16(19)11-9-15/h8-11,14,17H,2,5-6H2,1,3-4H3. The van der Waals surface area contributed by atoms with Crippen molar-refractivity contribution in [3.8, 4) is 11.8 Å². The Kier molecular flexibility index (Phi) is 7.25. The van der Waals surface area contributed by atoms with E-state index in [1.807, 2.05) is 19.1 Å². The number of allylic oxidation sites excluding steroid dienone is 1. The molecule has 0 spiro atoms. The summed E-state index contributed by atoms with van der Waals surface area (Å²) >= 11 is 3.35. The number of halogens is 1. The third kappa shape index (κ3) is 6.18. The average Bonchev–Trinajstić information content (AvgIpc) is 2.43. The second-order valence-corrected chi connectivity index (χ2v) is 6.06. The van der Waals surface area contributed by atoms with Gasteiger partial charge in [0.2, 0.25) is 0 Å². The normalized spacial score (nSPS) is 12.8. The molecule has 0 heterocycles. The minimum atomic E-state index is -0.405. The van der Waals surface area contributed by atoms with Gasteiger partial charge in [-0.05, 0) is 43.2 Å². The zero-order valence-corrected chi connectivity index (χ0v) is 14.4. The molecule has 0 aliphatic heterocycles. The lowest BCUT2D eigenvalue weighted by Gasteiger charge is -2.19. The number of carbonyl (C=O) groups is 1. The van der Waals surface area contributed by atoms with Crippen LogP contribution < -0.4 is 0 Å². The zero-order valence-electron chi connectivity index (χ0n) is 12.8. The highest BCUT2D eigenvalue weighted by atomic mass is 79.9. The molecule has 0 aromatic heterocycles. The number of carbonyl (C=O) groups excluding carboxylic acids is 1. The van der Waals surface area contributed by atoms with E-state index in [0.29, 0.717) is 5.56 Å². The second kappa shape index (κ2) is 8.69. The molecule has 1 aromatic carbocycles. The van der Waals surface area contributed by atoms with Crippen molar-refractivity contribution in [1.29, 1.82) is 0 Å². The summed E-state index contributed by atoms with van der Waals surface area (Å²) < 4.78 is 6.50. The fourth-order valence-corrected chi connectivity index (χ4v) is 2.12. The minimum absolute atomic E-state index is 0.196. The highest BCUT2D eigenvalue weighted by Crippen LogP contribution is 2.17. The van der Waals surface area contributed by atoms with E-state index in [0.717, 1.165) is 22.9 Å². The first-order chi connectivity index (χ1) is 9.93. The Bertz CT molecular complexity index is 549. The summed E-state index contributed by atoms with van der Waals surface area (Å²) in [6, 6.07) is 7.11. The molecule has 1 aromatic rings. The Morgan fingerprint density at radius 1 is 1.38 bits per heavy atom. The summed E-state index contributed by atoms with van der Waals surface area (Å²) in [5.41, 5.74) is 1.30. The van der Waals surface area contributed by atoms with E-state index in [1.165, 1.54) is 0 Å². The maximum Gasteiger partial charge on any atom is 0.339 e. The van der Waals surface area contributed by atoms with Gasteiger partial charge in [-0.2, -0.15) is 0 Å². The molecule has 0 bridgehead atoms. The molecule has 0 aliphatic carbocycles. The minimum Gasteiger partial charge on any atom is -0.445 e. The van der Waals surface area contributed by atoms with Crippen LogP contribution >= 0.6 is 15.9 Å². The molecule has 0 amide bonds. The van der Waals surface area contributed by atoms with E-state index < -0.39 is 6.10 Å². The van der Waals surface area contributed by atoms with E-state index >= 15 is 0 Å². The van der Waals surface area contributed by atoms with Crippen LogP contribution in [0.25, 0.3) is 0 Å². The van der Waals surface area contributed by atoms with Crippen LogP contribution in [0.15, 0.2) is 40.9 Å². The topological polar surface area (TPSA) is 26.3 Å². The van der Waals surface area contributed by atoms with E-state index in [-0.39, 0.29) is 11.9 Å². The fraction of sp³-hybridized carbons (Fsp3) is 0.389. The first kappa shape index (κ1) is 17.5. The number of benzene rings is 1. The predicted octanol–water partition coefficient (Wildman–Crippen LogP) is 4.99. The lowest BCUT2D eigenvalue weighted by atomic mass is 9.99. The molecule has 0 saturated carbocycles. The van der Waals surface area contributed by atoms with Gasteiger partial charge in [0.05, 0.1) is 5.56 Å². The van der Waals surface area contributed by atoms with E-state index in [1.54, 1.807) is 12.1 Å². The van der Waals surface area contributed by atoms with Crippen LogP contribution in [0, 0.1) is 17.8 Å². The fourth-order valence-electron chi connectivity index (χ4n) is 1.86. The predicted molar refractivity (Wildman–Crippen MR) is 90.0 cm³/mol. The third-order valence-corrected chi connectivity index (χ3v) is 3.53. The summed E-state index contributed by atoms with van der Waals surface area (Å²) in [5, 5.41) is 0. The van der Waals surface area contributed by atoms with Gasteiger partial charge in [-0.25, -0.2) is 4.79 Å². The number of ether oxygens (including phenoxy) is 1. The van der Waals surface area contributed by atoms with Crippen molar-refractivity contribution in [3.05, 3.63) is 46.5 Å². The molecular formula is C18H21BrO2. The summed E-state index contributed by atoms with van der Waals surface area (Å²) in [6.07, 6.45) is 1.59. The van der Waals surface area contributed by atoms with Crippen LogP contribution in [0.5, 0.6) is 0 Å². The maximum atomic E-state index is 12.2. The molecule has 1 rings (SSSR count). The third-order valence-electron chi connectivity index (χ3n) is 3.00. The van der Waals surface area contributed by atoms with Gasteiger partial charge in [0.25, 0.3) is 0 Å². The molecular weight excluding hydrogens is 328 g/mol. The monoisotopic (exact) mass is 348 g/mol. The summed E-state index contributed by atoms with van der Waals surface area (Å²) in [7, 11) is 0. The summed E-state index contributed by atoms with van der Waals surface area (Å²) in [5.74, 6) is 5.79.